The number of benzene rings is 1. The van der Waals surface area contributed by atoms with Gasteiger partial charge >= 0.3 is 0 Å². The first kappa shape index (κ1) is 24.8. The monoisotopic (exact) mass is 516 g/mol. The molecule has 1 amide bonds. The molecule has 1 aromatic heterocycles. The number of nitrogens with zero attached hydrogens (tertiary/aromatic N) is 4. The van der Waals surface area contributed by atoms with Gasteiger partial charge in [0, 0.05) is 25.2 Å². The van der Waals surface area contributed by atoms with Crippen molar-refractivity contribution in [2.75, 3.05) is 31.1 Å². The summed E-state index contributed by atoms with van der Waals surface area (Å²) in [7, 11) is 0. The fourth-order valence-electron chi connectivity index (χ4n) is 6.46. The van der Waals surface area contributed by atoms with Crippen LogP contribution in [0.25, 0.3) is 11.3 Å². The van der Waals surface area contributed by atoms with E-state index in [4.69, 9.17) is 33.2 Å². The van der Waals surface area contributed by atoms with Crippen LogP contribution in [-0.4, -0.2) is 58.2 Å². The Morgan fingerprint density at radius 3 is 2.57 bits per heavy atom. The zero-order chi connectivity index (χ0) is 24.7. The molecule has 1 saturated carbocycles. The summed E-state index contributed by atoms with van der Waals surface area (Å²) >= 11 is 12.8. The van der Waals surface area contributed by atoms with Gasteiger partial charge in [-0.1, -0.05) is 55.1 Å². The van der Waals surface area contributed by atoms with Crippen molar-refractivity contribution < 1.29 is 9.90 Å². The minimum atomic E-state index is -0.180. The molecule has 35 heavy (non-hydrogen) atoms. The average molecular weight is 518 g/mol. The minimum Gasteiger partial charge on any atom is -0.394 e. The Labute approximate surface area is 217 Å². The highest BCUT2D eigenvalue weighted by molar-refractivity contribution is 6.43. The summed E-state index contributed by atoms with van der Waals surface area (Å²) in [5.41, 5.74) is 2.73. The second-order valence-electron chi connectivity index (χ2n) is 10.6. The molecule has 2 saturated heterocycles. The Balaban J connectivity index is 1.55. The van der Waals surface area contributed by atoms with Gasteiger partial charge < -0.3 is 14.9 Å². The molecule has 2 atom stereocenters. The number of amides is 1. The van der Waals surface area contributed by atoms with Crippen LogP contribution in [0.3, 0.4) is 0 Å². The minimum absolute atomic E-state index is 0.0442. The van der Waals surface area contributed by atoms with E-state index in [1.165, 1.54) is 19.3 Å². The molecule has 6 nitrogen and oxygen atoms in total. The summed E-state index contributed by atoms with van der Waals surface area (Å²) in [5, 5.41) is 10.7. The van der Waals surface area contributed by atoms with Crippen LogP contribution < -0.4 is 4.90 Å². The summed E-state index contributed by atoms with van der Waals surface area (Å²) in [5.74, 6) is 1.23. The van der Waals surface area contributed by atoms with Crippen LogP contribution in [0.5, 0.6) is 0 Å². The average Bonchev–Trinajstić information content (AvgIpc) is 3.48. The van der Waals surface area contributed by atoms with Crippen molar-refractivity contribution in [3.8, 4) is 11.3 Å². The summed E-state index contributed by atoms with van der Waals surface area (Å²) < 4.78 is 0. The van der Waals surface area contributed by atoms with E-state index in [0.29, 0.717) is 44.8 Å². The molecule has 3 aliphatic rings. The number of halogens is 2. The van der Waals surface area contributed by atoms with E-state index in [-0.39, 0.29) is 18.6 Å². The number of carbonyl (C=O) groups excluding carboxylic acids is 1. The van der Waals surface area contributed by atoms with Crippen LogP contribution in [0, 0.1) is 18.3 Å². The lowest BCUT2D eigenvalue weighted by Crippen LogP contribution is -2.44. The van der Waals surface area contributed by atoms with Crippen molar-refractivity contribution in [1.82, 2.24) is 14.9 Å². The molecular formula is C27H34Cl2N4O2. The predicted molar refractivity (Wildman–Crippen MR) is 140 cm³/mol. The molecule has 5 rings (SSSR count). The third-order valence-electron chi connectivity index (χ3n) is 8.73. The van der Waals surface area contributed by atoms with Crippen LogP contribution in [0.4, 0.5) is 5.82 Å². The number of hydrogen-bond acceptors (Lipinski definition) is 5. The number of anilines is 1. The smallest absolute Gasteiger partial charge is 0.276 e. The summed E-state index contributed by atoms with van der Waals surface area (Å²) in [6.45, 7) is 6.63. The number of likely N-dealkylation sites (tertiary alicyclic amines) is 1. The Morgan fingerprint density at radius 2 is 1.89 bits per heavy atom. The molecule has 1 aliphatic carbocycles. The van der Waals surface area contributed by atoms with Gasteiger partial charge in [-0.2, -0.15) is 0 Å². The number of rotatable bonds is 4. The van der Waals surface area contributed by atoms with Crippen LogP contribution >= 0.6 is 23.2 Å². The topological polar surface area (TPSA) is 69.6 Å². The molecule has 1 N–H and O–H groups in total. The molecule has 3 heterocycles. The lowest BCUT2D eigenvalue weighted by Gasteiger charge is -2.43. The van der Waals surface area contributed by atoms with Gasteiger partial charge in [-0.25, -0.2) is 9.97 Å². The van der Waals surface area contributed by atoms with Gasteiger partial charge in [0.25, 0.3) is 5.91 Å². The van der Waals surface area contributed by atoms with E-state index >= 15 is 0 Å². The van der Waals surface area contributed by atoms with E-state index < -0.39 is 0 Å². The largest absolute Gasteiger partial charge is 0.394 e. The summed E-state index contributed by atoms with van der Waals surface area (Å²) in [4.78, 5) is 27.8. The Kier molecular flexibility index (Phi) is 6.99. The highest BCUT2D eigenvalue weighted by Crippen LogP contribution is 2.50. The fraction of sp³-hybridized carbons (Fsp3) is 0.593. The third-order valence-corrected chi connectivity index (χ3v) is 9.54. The number of carbonyl (C=O) groups is 1. The molecule has 3 fully saturated rings. The van der Waals surface area contributed by atoms with Gasteiger partial charge in [-0.3, -0.25) is 4.79 Å². The number of aliphatic hydroxyl groups is 1. The Bertz CT molecular complexity index is 1120. The van der Waals surface area contributed by atoms with E-state index in [2.05, 4.69) is 11.8 Å². The van der Waals surface area contributed by atoms with Crippen LogP contribution in [0.15, 0.2) is 18.2 Å². The first-order valence-corrected chi connectivity index (χ1v) is 13.6. The maximum atomic E-state index is 13.9. The number of aryl methyl sites for hydroxylation is 1. The molecule has 8 heteroatoms. The predicted octanol–water partition coefficient (Wildman–Crippen LogP) is 5.76. The summed E-state index contributed by atoms with van der Waals surface area (Å²) in [6.07, 6.45) is 7.85. The van der Waals surface area contributed by atoms with Crippen LogP contribution in [0.2, 0.25) is 10.0 Å². The van der Waals surface area contributed by atoms with E-state index in [9.17, 15) is 9.90 Å². The number of aromatic nitrogens is 2. The molecule has 0 bridgehead atoms. The SMILES string of the molecule is Cc1nc(N2CCC3(CCC[C@H]3C)CC2)c(C(=O)N2CCCC2CO)nc1-c1cccc(Cl)c1Cl. The quantitative estimate of drug-likeness (QED) is 0.558. The standard InChI is InChI=1S/C27H34Cl2N4O2/c1-17-6-4-10-27(17)11-14-32(15-12-27)25-24(26(35)33-13-5-7-19(33)16-34)31-23(18(2)30-25)20-8-3-9-21(28)22(20)29/h3,8-9,17,19,34H,4-7,10-16H2,1-2H3/t17-,19?/m1/s1. The van der Waals surface area contributed by atoms with Gasteiger partial charge in [0.2, 0.25) is 0 Å². The van der Waals surface area contributed by atoms with E-state index in [1.54, 1.807) is 11.0 Å². The molecule has 2 aromatic rings. The maximum Gasteiger partial charge on any atom is 0.276 e. The van der Waals surface area contributed by atoms with Crippen molar-refractivity contribution in [1.29, 1.82) is 0 Å². The Hall–Kier alpha value is -1.89. The number of piperidine rings is 1. The van der Waals surface area contributed by atoms with Crippen molar-refractivity contribution in [3.63, 3.8) is 0 Å². The van der Waals surface area contributed by atoms with E-state index in [0.717, 1.165) is 50.4 Å². The lowest BCUT2D eigenvalue weighted by molar-refractivity contribution is 0.0671. The second kappa shape index (κ2) is 9.87. The normalized spacial score (nSPS) is 23.9. The lowest BCUT2D eigenvalue weighted by atomic mass is 9.71. The molecule has 188 valence electrons. The maximum absolute atomic E-state index is 13.9. The van der Waals surface area contributed by atoms with Crippen molar-refractivity contribution in [2.45, 2.75) is 64.8 Å². The molecule has 0 radical (unpaired) electrons. The van der Waals surface area contributed by atoms with Gasteiger partial charge in [-0.15, -0.1) is 0 Å². The van der Waals surface area contributed by atoms with Gasteiger partial charge in [-0.05, 0) is 56.4 Å². The van der Waals surface area contributed by atoms with Crippen molar-refractivity contribution >= 4 is 34.9 Å². The molecule has 2 aliphatic heterocycles. The first-order chi connectivity index (χ1) is 16.8. The highest BCUT2D eigenvalue weighted by atomic mass is 35.5. The van der Waals surface area contributed by atoms with Gasteiger partial charge in [0.1, 0.15) is 0 Å². The van der Waals surface area contributed by atoms with Gasteiger partial charge in [0.05, 0.1) is 34.1 Å². The fourth-order valence-corrected chi connectivity index (χ4v) is 6.85. The molecule has 1 unspecified atom stereocenters. The zero-order valence-corrected chi connectivity index (χ0v) is 22.1. The highest BCUT2D eigenvalue weighted by Gasteiger charge is 2.43. The number of hydrogen-bond donors (Lipinski definition) is 1. The van der Waals surface area contributed by atoms with Crippen molar-refractivity contribution in [3.05, 3.63) is 39.6 Å². The Morgan fingerprint density at radius 1 is 1.11 bits per heavy atom. The third kappa shape index (κ3) is 4.42. The van der Waals surface area contributed by atoms with Crippen LogP contribution in [-0.2, 0) is 0 Å². The molecule has 1 aromatic carbocycles. The zero-order valence-electron chi connectivity index (χ0n) is 20.6. The molecular weight excluding hydrogens is 483 g/mol. The molecule has 1 spiro atoms. The van der Waals surface area contributed by atoms with Crippen molar-refractivity contribution in [2.24, 2.45) is 11.3 Å². The van der Waals surface area contributed by atoms with Crippen LogP contribution in [0.1, 0.15) is 68.1 Å². The first-order valence-electron chi connectivity index (χ1n) is 12.8. The second-order valence-corrected chi connectivity index (χ2v) is 11.3. The number of aliphatic hydroxyl groups excluding tert-OH is 1. The van der Waals surface area contributed by atoms with Gasteiger partial charge in [0.15, 0.2) is 11.5 Å². The van der Waals surface area contributed by atoms with E-state index in [1.807, 2.05) is 19.1 Å². The summed E-state index contributed by atoms with van der Waals surface area (Å²) in [6, 6.07) is 5.24.